The number of benzene rings is 1. The number of rotatable bonds is 4. The lowest BCUT2D eigenvalue weighted by molar-refractivity contribution is -0.145. The number of carboxylic acid groups (broad SMARTS) is 2. The Hall–Kier alpha value is -1.56. The van der Waals surface area contributed by atoms with Gasteiger partial charge in [-0.25, -0.2) is 0 Å². The molecule has 0 radical (unpaired) electrons. The molecule has 86 valence electrons. The summed E-state index contributed by atoms with van der Waals surface area (Å²) >= 11 is 3.12. The predicted molar refractivity (Wildman–Crippen MR) is 58.4 cm³/mol. The molecule has 1 rings (SSSR count). The summed E-state index contributed by atoms with van der Waals surface area (Å²) in [5.41, 5.74) is 0.245. The molecule has 0 aliphatic heterocycles. The van der Waals surface area contributed by atoms with Crippen LogP contribution in [0.1, 0.15) is 17.9 Å². The van der Waals surface area contributed by atoms with Crippen LogP contribution in [0.2, 0.25) is 0 Å². The quantitative estimate of drug-likeness (QED) is 0.785. The second-order valence-corrected chi connectivity index (χ2v) is 4.05. The van der Waals surface area contributed by atoms with Gasteiger partial charge >= 0.3 is 11.9 Å². The predicted octanol–water partition coefficient (Wildman–Crippen LogP) is 1.80. The van der Waals surface area contributed by atoms with Gasteiger partial charge in [-0.15, -0.1) is 0 Å². The number of aromatic hydroxyl groups is 1. The van der Waals surface area contributed by atoms with Crippen LogP contribution in [0.25, 0.3) is 0 Å². The third-order valence-corrected chi connectivity index (χ3v) is 2.75. The Morgan fingerprint density at radius 3 is 2.44 bits per heavy atom. The zero-order chi connectivity index (χ0) is 12.3. The van der Waals surface area contributed by atoms with Gasteiger partial charge in [0.1, 0.15) is 5.75 Å². The third kappa shape index (κ3) is 2.96. The maximum Gasteiger partial charge on any atom is 0.311 e. The van der Waals surface area contributed by atoms with Gasteiger partial charge in [-0.3, -0.25) is 9.59 Å². The van der Waals surface area contributed by atoms with Gasteiger partial charge in [-0.2, -0.15) is 0 Å². The Morgan fingerprint density at radius 2 is 1.94 bits per heavy atom. The van der Waals surface area contributed by atoms with Crippen LogP contribution in [0.5, 0.6) is 5.75 Å². The Labute approximate surface area is 99.5 Å². The smallest absolute Gasteiger partial charge is 0.311 e. The topological polar surface area (TPSA) is 94.8 Å². The number of carboxylic acids is 2. The van der Waals surface area contributed by atoms with E-state index < -0.39 is 24.3 Å². The minimum Gasteiger partial charge on any atom is -0.508 e. The molecule has 0 aliphatic carbocycles. The van der Waals surface area contributed by atoms with Gasteiger partial charge in [-0.05, 0) is 23.8 Å². The number of hydrogen-bond donors (Lipinski definition) is 3. The number of aliphatic carboxylic acids is 2. The summed E-state index contributed by atoms with van der Waals surface area (Å²) in [6.45, 7) is 0. The van der Waals surface area contributed by atoms with Crippen molar-refractivity contribution in [2.45, 2.75) is 12.3 Å². The molecule has 0 aromatic heterocycles. The Bertz CT molecular complexity index is 429. The minimum atomic E-state index is -1.24. The number of phenolic OH excluding ortho intramolecular Hbond substituents is 1. The molecule has 6 heteroatoms. The van der Waals surface area contributed by atoms with E-state index in [-0.39, 0.29) is 11.3 Å². The number of phenols is 1. The normalized spacial score (nSPS) is 12.1. The summed E-state index contributed by atoms with van der Waals surface area (Å²) in [5, 5.41) is 26.8. The van der Waals surface area contributed by atoms with Crippen molar-refractivity contribution in [1.82, 2.24) is 0 Å². The van der Waals surface area contributed by atoms with Crippen LogP contribution >= 0.6 is 15.9 Å². The van der Waals surface area contributed by atoms with Gasteiger partial charge in [0.15, 0.2) is 0 Å². The lowest BCUT2D eigenvalue weighted by atomic mass is 9.96. The maximum atomic E-state index is 10.9. The molecule has 1 unspecified atom stereocenters. The molecular formula is C10H9BrO5. The summed E-state index contributed by atoms with van der Waals surface area (Å²) in [4.78, 5) is 21.5. The molecule has 0 fully saturated rings. The summed E-state index contributed by atoms with van der Waals surface area (Å²) in [5.74, 6) is -3.73. The summed E-state index contributed by atoms with van der Waals surface area (Å²) < 4.78 is 0.457. The molecule has 0 bridgehead atoms. The average molecular weight is 289 g/mol. The van der Waals surface area contributed by atoms with Gasteiger partial charge in [0.2, 0.25) is 0 Å². The number of halogens is 1. The van der Waals surface area contributed by atoms with Crippen molar-refractivity contribution < 1.29 is 24.9 Å². The second-order valence-electron chi connectivity index (χ2n) is 3.19. The van der Waals surface area contributed by atoms with Crippen LogP contribution in [-0.2, 0) is 9.59 Å². The van der Waals surface area contributed by atoms with Crippen LogP contribution in [0.3, 0.4) is 0 Å². The van der Waals surface area contributed by atoms with Crippen molar-refractivity contribution in [3.05, 3.63) is 28.2 Å². The van der Waals surface area contributed by atoms with Crippen molar-refractivity contribution in [2.24, 2.45) is 0 Å². The molecule has 0 amide bonds. The molecule has 1 atom stereocenters. The molecule has 0 heterocycles. The van der Waals surface area contributed by atoms with E-state index in [1.54, 1.807) is 0 Å². The minimum absolute atomic E-state index is 0.102. The molecule has 1 aromatic carbocycles. The van der Waals surface area contributed by atoms with Gasteiger partial charge in [-0.1, -0.05) is 15.9 Å². The van der Waals surface area contributed by atoms with E-state index in [0.717, 1.165) is 0 Å². The molecule has 1 aromatic rings. The molecule has 0 saturated carbocycles. The highest BCUT2D eigenvalue weighted by molar-refractivity contribution is 9.10. The highest BCUT2D eigenvalue weighted by Gasteiger charge is 2.25. The fraction of sp³-hybridized carbons (Fsp3) is 0.200. The van der Waals surface area contributed by atoms with E-state index in [0.29, 0.717) is 4.47 Å². The molecule has 3 N–H and O–H groups in total. The van der Waals surface area contributed by atoms with Crippen LogP contribution in [0, 0.1) is 0 Å². The molecule has 16 heavy (non-hydrogen) atoms. The fourth-order valence-corrected chi connectivity index (χ4v) is 1.83. The van der Waals surface area contributed by atoms with Crippen molar-refractivity contribution >= 4 is 27.9 Å². The van der Waals surface area contributed by atoms with Crippen molar-refractivity contribution in [2.75, 3.05) is 0 Å². The van der Waals surface area contributed by atoms with Gasteiger partial charge in [0.25, 0.3) is 0 Å². The summed E-state index contributed by atoms with van der Waals surface area (Å²) in [7, 11) is 0. The van der Waals surface area contributed by atoms with E-state index >= 15 is 0 Å². The highest BCUT2D eigenvalue weighted by Crippen LogP contribution is 2.30. The van der Waals surface area contributed by atoms with Crippen molar-refractivity contribution in [1.29, 1.82) is 0 Å². The first kappa shape index (κ1) is 12.5. The zero-order valence-corrected chi connectivity index (χ0v) is 9.64. The number of hydrogen-bond acceptors (Lipinski definition) is 3. The van der Waals surface area contributed by atoms with Gasteiger partial charge < -0.3 is 15.3 Å². The van der Waals surface area contributed by atoms with Crippen molar-refractivity contribution in [3.63, 3.8) is 0 Å². The lowest BCUT2D eigenvalue weighted by Gasteiger charge is -2.12. The Morgan fingerprint density at radius 1 is 1.31 bits per heavy atom. The first-order valence-corrected chi connectivity index (χ1v) is 5.14. The van der Waals surface area contributed by atoms with Gasteiger partial charge in [0, 0.05) is 4.47 Å². The molecular weight excluding hydrogens is 280 g/mol. The van der Waals surface area contributed by atoms with E-state index in [4.69, 9.17) is 10.2 Å². The van der Waals surface area contributed by atoms with Crippen molar-refractivity contribution in [3.8, 4) is 5.75 Å². The standard InChI is InChI=1S/C10H9BrO5/c11-8-2-1-5(12)3-6(8)7(10(15)16)4-9(13)14/h1-3,7,12H,4H2,(H,13,14)(H,15,16). The third-order valence-electron chi connectivity index (χ3n) is 2.03. The lowest BCUT2D eigenvalue weighted by Crippen LogP contribution is -2.16. The molecule has 0 aliphatic rings. The fourth-order valence-electron chi connectivity index (χ4n) is 1.30. The Kier molecular flexibility index (Phi) is 3.89. The number of carbonyl (C=O) groups is 2. The SMILES string of the molecule is O=C(O)CC(C(=O)O)c1cc(O)ccc1Br. The highest BCUT2D eigenvalue weighted by atomic mass is 79.9. The van der Waals surface area contributed by atoms with E-state index in [2.05, 4.69) is 15.9 Å². The zero-order valence-electron chi connectivity index (χ0n) is 8.05. The van der Waals surface area contributed by atoms with E-state index in [9.17, 15) is 14.7 Å². The summed E-state index contributed by atoms with van der Waals surface area (Å²) in [6.07, 6.45) is -0.530. The van der Waals surface area contributed by atoms with Gasteiger partial charge in [0.05, 0.1) is 12.3 Å². The monoisotopic (exact) mass is 288 g/mol. The second kappa shape index (κ2) is 4.98. The van der Waals surface area contributed by atoms with Crippen LogP contribution in [0.15, 0.2) is 22.7 Å². The Balaban J connectivity index is 3.14. The summed E-state index contributed by atoms with van der Waals surface area (Å²) in [6, 6.07) is 4.10. The molecule has 0 saturated heterocycles. The van der Waals surface area contributed by atoms with E-state index in [1.165, 1.54) is 18.2 Å². The first-order valence-electron chi connectivity index (χ1n) is 4.35. The largest absolute Gasteiger partial charge is 0.508 e. The maximum absolute atomic E-state index is 10.9. The molecule has 0 spiro atoms. The molecule has 5 nitrogen and oxygen atoms in total. The van der Waals surface area contributed by atoms with E-state index in [1.807, 2.05) is 0 Å². The average Bonchev–Trinajstić information content (AvgIpc) is 2.18. The van der Waals surface area contributed by atoms with Crippen LogP contribution in [-0.4, -0.2) is 27.3 Å². The first-order chi connectivity index (χ1) is 7.41. The van der Waals surface area contributed by atoms with Crippen LogP contribution < -0.4 is 0 Å². The van der Waals surface area contributed by atoms with Crippen LogP contribution in [0.4, 0.5) is 0 Å².